The Hall–Kier alpha value is -1.72. The van der Waals surface area contributed by atoms with E-state index in [0.29, 0.717) is 10.9 Å². The quantitative estimate of drug-likeness (QED) is 0.619. The molecule has 0 atom stereocenters. The van der Waals surface area contributed by atoms with Crippen LogP contribution in [0.1, 0.15) is 15.9 Å². The lowest BCUT2D eigenvalue weighted by Gasteiger charge is -2.03. The van der Waals surface area contributed by atoms with Crippen LogP contribution in [0.4, 0.5) is 0 Å². The molecule has 0 spiro atoms. The number of carbonyl (C=O) groups is 1. The zero-order valence-corrected chi connectivity index (χ0v) is 12.9. The minimum absolute atomic E-state index is 0.00351. The number of halogens is 1. The molecule has 1 heterocycles. The molecule has 5 heteroatoms. The highest BCUT2D eigenvalue weighted by molar-refractivity contribution is 9.06. The van der Waals surface area contributed by atoms with Gasteiger partial charge < -0.3 is 3.83 Å². The van der Waals surface area contributed by atoms with Crippen LogP contribution in [0.3, 0.4) is 0 Å². The van der Waals surface area contributed by atoms with E-state index in [4.69, 9.17) is 0 Å². The number of hydrogen-bond acceptors (Lipinski definition) is 4. The van der Waals surface area contributed by atoms with Crippen LogP contribution < -0.4 is 5.43 Å². The Morgan fingerprint density at radius 2 is 1.90 bits per heavy atom. The van der Waals surface area contributed by atoms with Gasteiger partial charge in [-0.05, 0) is 37.3 Å². The lowest BCUT2D eigenvalue weighted by molar-refractivity contribution is 0.0782. The van der Waals surface area contributed by atoms with Gasteiger partial charge in [-0.25, -0.2) is 4.79 Å². The van der Waals surface area contributed by atoms with Crippen molar-refractivity contribution in [3.8, 4) is 0 Å². The van der Waals surface area contributed by atoms with Gasteiger partial charge in [-0.3, -0.25) is 4.79 Å². The molecule has 0 amide bonds. The fraction of sp³-hybridized carbons (Fsp3) is 0.0667. The second-order valence-corrected chi connectivity index (χ2v) is 5.91. The molecule has 0 saturated carbocycles. The van der Waals surface area contributed by atoms with Gasteiger partial charge in [-0.15, -0.1) is 11.3 Å². The third-order valence-corrected chi connectivity index (χ3v) is 4.56. The highest BCUT2D eigenvalue weighted by Crippen LogP contribution is 2.26. The van der Waals surface area contributed by atoms with Crippen molar-refractivity contribution in [1.82, 2.24) is 0 Å². The Morgan fingerprint density at radius 1 is 1.10 bits per heavy atom. The Labute approximate surface area is 127 Å². The maximum atomic E-state index is 12.5. The topological polar surface area (TPSA) is 43.4 Å². The molecule has 20 heavy (non-hydrogen) atoms. The normalized spacial score (nSPS) is 10.9. The van der Waals surface area contributed by atoms with Crippen molar-refractivity contribution in [2.24, 2.45) is 0 Å². The number of aryl methyl sites for hydroxylation is 1. The molecular weight excluding hydrogens is 340 g/mol. The zero-order valence-electron chi connectivity index (χ0n) is 10.5. The predicted octanol–water partition coefficient (Wildman–Crippen LogP) is 4.19. The van der Waals surface area contributed by atoms with Crippen LogP contribution in [0.15, 0.2) is 41.2 Å². The van der Waals surface area contributed by atoms with Crippen molar-refractivity contribution in [1.29, 1.82) is 0 Å². The number of carbonyl (C=O) groups excluding carboxylic acids is 1. The van der Waals surface area contributed by atoms with Gasteiger partial charge in [0, 0.05) is 20.2 Å². The molecule has 0 aliphatic carbocycles. The molecule has 3 nitrogen and oxygen atoms in total. The summed E-state index contributed by atoms with van der Waals surface area (Å²) in [5.41, 5.74) is 1.47. The fourth-order valence-corrected chi connectivity index (χ4v) is 3.42. The summed E-state index contributed by atoms with van der Waals surface area (Å²) in [6.45, 7) is 1.96. The molecule has 0 radical (unpaired) electrons. The summed E-state index contributed by atoms with van der Waals surface area (Å²) in [5, 5.41) is 1.34. The molecular formula is C15H9BrO3S. The Bertz CT molecular complexity index is 899. The SMILES string of the molecule is Cc1ccc2sc3cc(C(=O)OBr)ccc3c(=O)c2c1. The number of benzene rings is 2. The molecule has 2 aromatic carbocycles. The maximum absolute atomic E-state index is 12.5. The van der Waals surface area contributed by atoms with Gasteiger partial charge in [0.05, 0.1) is 5.56 Å². The summed E-state index contributed by atoms with van der Waals surface area (Å²) in [6.07, 6.45) is 0. The van der Waals surface area contributed by atoms with Gasteiger partial charge in [-0.1, -0.05) is 11.6 Å². The van der Waals surface area contributed by atoms with E-state index in [9.17, 15) is 9.59 Å². The predicted molar refractivity (Wildman–Crippen MR) is 84.7 cm³/mol. The third-order valence-electron chi connectivity index (χ3n) is 3.13. The number of fused-ring (bicyclic) bond motifs is 2. The molecule has 0 bridgehead atoms. The largest absolute Gasteiger partial charge is 0.380 e. The molecule has 0 N–H and O–H groups in total. The average Bonchev–Trinajstić information content (AvgIpc) is 2.47. The van der Waals surface area contributed by atoms with Crippen molar-refractivity contribution in [2.45, 2.75) is 6.92 Å². The summed E-state index contributed by atoms with van der Waals surface area (Å²) < 4.78 is 6.21. The Kier molecular flexibility index (Phi) is 3.31. The Balaban J connectivity index is 2.38. The first kappa shape index (κ1) is 13.3. The molecule has 100 valence electrons. The molecule has 0 fully saturated rings. The van der Waals surface area contributed by atoms with E-state index in [1.54, 1.807) is 18.2 Å². The summed E-state index contributed by atoms with van der Waals surface area (Å²) in [6, 6.07) is 10.8. The van der Waals surface area contributed by atoms with E-state index in [2.05, 4.69) is 20.1 Å². The van der Waals surface area contributed by atoms with Gasteiger partial charge in [0.2, 0.25) is 0 Å². The second kappa shape index (κ2) is 5.00. The van der Waals surface area contributed by atoms with Crippen LogP contribution in [0.5, 0.6) is 0 Å². The van der Waals surface area contributed by atoms with Crippen LogP contribution >= 0.6 is 27.6 Å². The molecule has 0 unspecified atom stereocenters. The highest BCUT2D eigenvalue weighted by atomic mass is 79.9. The summed E-state index contributed by atoms with van der Waals surface area (Å²) in [4.78, 5) is 24.0. The molecule has 0 aliphatic rings. The van der Waals surface area contributed by atoms with Crippen LogP contribution in [0.2, 0.25) is 0 Å². The van der Waals surface area contributed by atoms with E-state index in [1.165, 1.54) is 11.3 Å². The van der Waals surface area contributed by atoms with Crippen molar-refractivity contribution in [3.05, 3.63) is 57.7 Å². The highest BCUT2D eigenvalue weighted by Gasteiger charge is 2.11. The van der Waals surface area contributed by atoms with Crippen molar-refractivity contribution in [2.75, 3.05) is 0 Å². The monoisotopic (exact) mass is 348 g/mol. The molecule has 1 aromatic heterocycles. The number of rotatable bonds is 1. The van der Waals surface area contributed by atoms with Crippen molar-refractivity contribution >= 4 is 53.7 Å². The minimum atomic E-state index is -0.476. The summed E-state index contributed by atoms with van der Waals surface area (Å²) in [5.74, 6) is -0.476. The van der Waals surface area contributed by atoms with Crippen LogP contribution in [-0.4, -0.2) is 5.97 Å². The first-order valence-corrected chi connectivity index (χ1v) is 7.36. The van der Waals surface area contributed by atoms with Crippen LogP contribution in [-0.2, 0) is 3.83 Å². The first-order chi connectivity index (χ1) is 9.60. The van der Waals surface area contributed by atoms with Crippen molar-refractivity contribution < 1.29 is 8.62 Å². The van der Waals surface area contributed by atoms with Gasteiger partial charge in [0.25, 0.3) is 0 Å². The van der Waals surface area contributed by atoms with Crippen LogP contribution in [0, 0.1) is 6.92 Å². The van der Waals surface area contributed by atoms with Gasteiger partial charge in [-0.2, -0.15) is 0 Å². The molecule has 0 saturated heterocycles. The molecule has 0 aliphatic heterocycles. The maximum Gasteiger partial charge on any atom is 0.349 e. The second-order valence-electron chi connectivity index (χ2n) is 4.51. The smallest absolute Gasteiger partial charge is 0.349 e. The van der Waals surface area contributed by atoms with E-state index in [0.717, 1.165) is 20.3 Å². The van der Waals surface area contributed by atoms with Gasteiger partial charge in [0.15, 0.2) is 21.7 Å². The van der Waals surface area contributed by atoms with Crippen LogP contribution in [0.25, 0.3) is 20.2 Å². The lowest BCUT2D eigenvalue weighted by Crippen LogP contribution is -2.03. The van der Waals surface area contributed by atoms with Gasteiger partial charge >= 0.3 is 5.97 Å². The van der Waals surface area contributed by atoms with E-state index in [1.807, 2.05) is 25.1 Å². The molecule has 3 aromatic rings. The minimum Gasteiger partial charge on any atom is -0.380 e. The summed E-state index contributed by atoms with van der Waals surface area (Å²) >= 11 is 4.16. The third kappa shape index (κ3) is 2.13. The fourth-order valence-electron chi connectivity index (χ4n) is 2.14. The Morgan fingerprint density at radius 3 is 2.65 bits per heavy atom. The molecule has 3 rings (SSSR count). The van der Waals surface area contributed by atoms with Crippen molar-refractivity contribution in [3.63, 3.8) is 0 Å². The standard InChI is InChI=1S/C15H9BrO3S/c1-8-2-5-12-11(6-8)14(17)10-4-3-9(15(18)19-16)7-13(10)20-12/h2-7H,1H3. The zero-order chi connectivity index (χ0) is 14.3. The van der Waals surface area contributed by atoms with E-state index in [-0.39, 0.29) is 5.43 Å². The lowest BCUT2D eigenvalue weighted by atomic mass is 10.1. The summed E-state index contributed by atoms with van der Waals surface area (Å²) in [7, 11) is 0. The van der Waals surface area contributed by atoms with E-state index < -0.39 is 5.97 Å². The number of hydrogen-bond donors (Lipinski definition) is 0. The van der Waals surface area contributed by atoms with E-state index >= 15 is 0 Å². The van der Waals surface area contributed by atoms with Gasteiger partial charge in [0.1, 0.15) is 0 Å². The average molecular weight is 349 g/mol. The first-order valence-electron chi connectivity index (χ1n) is 5.90.